The van der Waals surface area contributed by atoms with Crippen molar-refractivity contribution in [3.05, 3.63) is 29.8 Å². The molecule has 0 fully saturated rings. The van der Waals surface area contributed by atoms with Gasteiger partial charge in [-0.05, 0) is 37.0 Å². The van der Waals surface area contributed by atoms with Crippen LogP contribution < -0.4 is 10.1 Å². The molecule has 1 unspecified atom stereocenters. The molecule has 0 radical (unpaired) electrons. The number of benzene rings is 1. The molecule has 0 saturated carbocycles. The third kappa shape index (κ3) is 6.06. The predicted molar refractivity (Wildman–Crippen MR) is 79.8 cm³/mol. The first kappa shape index (κ1) is 16.5. The molecular weight excluding hydrogens is 254 g/mol. The van der Waals surface area contributed by atoms with E-state index >= 15 is 0 Å². The minimum atomic E-state index is -0.863. The Hall–Kier alpha value is -1.55. The Morgan fingerprint density at radius 1 is 1.45 bits per heavy atom. The van der Waals surface area contributed by atoms with Gasteiger partial charge in [-0.15, -0.1) is 0 Å². The highest BCUT2D eigenvalue weighted by molar-refractivity contribution is 5.78. The second kappa shape index (κ2) is 7.29. The number of hydrogen-bond acceptors (Lipinski definition) is 3. The van der Waals surface area contributed by atoms with Gasteiger partial charge >= 0.3 is 0 Å². The number of carbonyl (C=O) groups is 1. The van der Waals surface area contributed by atoms with Crippen LogP contribution in [0.3, 0.4) is 0 Å². The highest BCUT2D eigenvalue weighted by Crippen LogP contribution is 2.16. The summed E-state index contributed by atoms with van der Waals surface area (Å²) in [4.78, 5) is 11.9. The van der Waals surface area contributed by atoms with Gasteiger partial charge in [-0.1, -0.05) is 26.0 Å². The average Bonchev–Trinajstić information content (AvgIpc) is 2.35. The Morgan fingerprint density at radius 2 is 2.15 bits per heavy atom. The molecule has 0 saturated heterocycles. The predicted octanol–water partition coefficient (Wildman–Crippen LogP) is 2.15. The summed E-state index contributed by atoms with van der Waals surface area (Å²) in [6.45, 7) is 6.12. The summed E-state index contributed by atoms with van der Waals surface area (Å²) in [7, 11) is 1.60. The van der Waals surface area contributed by atoms with E-state index in [2.05, 4.69) is 5.32 Å². The van der Waals surface area contributed by atoms with Crippen molar-refractivity contribution in [3.63, 3.8) is 0 Å². The third-order valence-corrected chi connectivity index (χ3v) is 3.01. The molecule has 1 atom stereocenters. The SMILES string of the molecule is COc1cccc(CC(=O)NCC(C)(O)CC(C)C)c1. The van der Waals surface area contributed by atoms with E-state index in [4.69, 9.17) is 4.74 Å². The van der Waals surface area contributed by atoms with Crippen molar-refractivity contribution >= 4 is 5.91 Å². The Bertz CT molecular complexity index is 441. The third-order valence-electron chi connectivity index (χ3n) is 3.01. The number of carbonyl (C=O) groups excluding carboxylic acids is 1. The van der Waals surface area contributed by atoms with Crippen LogP contribution in [0.2, 0.25) is 0 Å². The fourth-order valence-electron chi connectivity index (χ4n) is 2.27. The van der Waals surface area contributed by atoms with E-state index in [0.717, 1.165) is 11.3 Å². The summed E-state index contributed by atoms with van der Waals surface area (Å²) in [5.74, 6) is 1.03. The molecule has 0 aromatic heterocycles. The van der Waals surface area contributed by atoms with Gasteiger partial charge in [0.15, 0.2) is 0 Å². The van der Waals surface area contributed by atoms with Crippen LogP contribution in [0.25, 0.3) is 0 Å². The van der Waals surface area contributed by atoms with Crippen LogP contribution in [-0.4, -0.2) is 30.3 Å². The van der Waals surface area contributed by atoms with E-state index < -0.39 is 5.60 Å². The minimum Gasteiger partial charge on any atom is -0.497 e. The topological polar surface area (TPSA) is 58.6 Å². The number of rotatable bonds is 7. The standard InChI is InChI=1S/C16H25NO3/c1-12(2)10-16(3,19)11-17-15(18)9-13-6-5-7-14(8-13)20-4/h5-8,12,19H,9-11H2,1-4H3,(H,17,18). The molecule has 0 aliphatic heterocycles. The molecule has 1 rings (SSSR count). The molecule has 0 aliphatic carbocycles. The molecule has 4 nitrogen and oxygen atoms in total. The van der Waals surface area contributed by atoms with Gasteiger partial charge < -0.3 is 15.2 Å². The summed E-state index contributed by atoms with van der Waals surface area (Å²) in [6.07, 6.45) is 0.946. The maximum atomic E-state index is 11.9. The first-order valence-corrected chi connectivity index (χ1v) is 6.94. The van der Waals surface area contributed by atoms with Crippen LogP contribution in [-0.2, 0) is 11.2 Å². The zero-order valence-electron chi connectivity index (χ0n) is 12.8. The highest BCUT2D eigenvalue weighted by atomic mass is 16.5. The summed E-state index contributed by atoms with van der Waals surface area (Å²) < 4.78 is 5.12. The van der Waals surface area contributed by atoms with Gasteiger partial charge in [0.1, 0.15) is 5.75 Å². The summed E-state index contributed by atoms with van der Waals surface area (Å²) in [5, 5.41) is 12.9. The van der Waals surface area contributed by atoms with E-state index in [-0.39, 0.29) is 18.9 Å². The molecule has 2 N–H and O–H groups in total. The van der Waals surface area contributed by atoms with Crippen LogP contribution in [0.4, 0.5) is 0 Å². The van der Waals surface area contributed by atoms with Gasteiger partial charge in [0.05, 0.1) is 19.1 Å². The first-order chi connectivity index (χ1) is 9.32. The normalized spacial score (nSPS) is 13.9. The van der Waals surface area contributed by atoms with Gasteiger partial charge in [-0.25, -0.2) is 0 Å². The summed E-state index contributed by atoms with van der Waals surface area (Å²) in [6, 6.07) is 7.42. The quantitative estimate of drug-likeness (QED) is 0.804. The van der Waals surface area contributed by atoms with E-state index in [1.165, 1.54) is 0 Å². The van der Waals surface area contributed by atoms with Gasteiger partial charge in [0, 0.05) is 6.54 Å². The molecule has 112 valence electrons. The van der Waals surface area contributed by atoms with Crippen LogP contribution in [0.15, 0.2) is 24.3 Å². The summed E-state index contributed by atoms with van der Waals surface area (Å²) >= 11 is 0. The maximum Gasteiger partial charge on any atom is 0.224 e. The molecule has 1 amide bonds. The van der Waals surface area contributed by atoms with E-state index in [1.807, 2.05) is 38.1 Å². The van der Waals surface area contributed by atoms with E-state index in [0.29, 0.717) is 12.3 Å². The van der Waals surface area contributed by atoms with Crippen LogP contribution in [0, 0.1) is 5.92 Å². The fraction of sp³-hybridized carbons (Fsp3) is 0.562. The van der Waals surface area contributed by atoms with E-state index in [1.54, 1.807) is 14.0 Å². The number of hydrogen-bond donors (Lipinski definition) is 2. The molecule has 0 heterocycles. The van der Waals surface area contributed by atoms with Crippen LogP contribution in [0.1, 0.15) is 32.8 Å². The molecule has 20 heavy (non-hydrogen) atoms. The molecular formula is C16H25NO3. The monoisotopic (exact) mass is 279 g/mol. The van der Waals surface area contributed by atoms with Crippen molar-refractivity contribution in [3.8, 4) is 5.75 Å². The summed E-state index contributed by atoms with van der Waals surface area (Å²) in [5.41, 5.74) is 0.0310. The lowest BCUT2D eigenvalue weighted by atomic mass is 9.94. The molecule has 0 aliphatic rings. The lowest BCUT2D eigenvalue weighted by molar-refractivity contribution is -0.121. The number of nitrogens with one attached hydrogen (secondary N) is 1. The van der Waals surface area contributed by atoms with Gasteiger partial charge in [0.25, 0.3) is 0 Å². The van der Waals surface area contributed by atoms with Crippen LogP contribution >= 0.6 is 0 Å². The van der Waals surface area contributed by atoms with Gasteiger partial charge in [-0.3, -0.25) is 4.79 Å². The Balaban J connectivity index is 2.47. The smallest absolute Gasteiger partial charge is 0.224 e. The minimum absolute atomic E-state index is 0.0951. The highest BCUT2D eigenvalue weighted by Gasteiger charge is 2.22. The maximum absolute atomic E-state index is 11.9. The van der Waals surface area contributed by atoms with Crippen molar-refractivity contribution in [2.75, 3.05) is 13.7 Å². The Kier molecular flexibility index (Phi) is 6.02. The molecule has 0 spiro atoms. The average molecular weight is 279 g/mol. The number of methoxy groups -OCH3 is 1. The number of ether oxygens (including phenoxy) is 1. The lowest BCUT2D eigenvalue weighted by Crippen LogP contribution is -2.42. The van der Waals surface area contributed by atoms with Crippen molar-refractivity contribution in [1.29, 1.82) is 0 Å². The molecule has 0 bridgehead atoms. The van der Waals surface area contributed by atoms with Gasteiger partial charge in [-0.2, -0.15) is 0 Å². The second-order valence-corrected chi connectivity index (χ2v) is 5.90. The zero-order valence-corrected chi connectivity index (χ0v) is 12.8. The fourth-order valence-corrected chi connectivity index (χ4v) is 2.27. The van der Waals surface area contributed by atoms with E-state index in [9.17, 15) is 9.90 Å². The zero-order chi connectivity index (χ0) is 15.2. The van der Waals surface area contributed by atoms with Crippen LogP contribution in [0.5, 0.6) is 5.75 Å². The first-order valence-electron chi connectivity index (χ1n) is 6.94. The van der Waals surface area contributed by atoms with Crippen molar-refractivity contribution in [2.45, 2.75) is 39.2 Å². The van der Waals surface area contributed by atoms with Crippen molar-refractivity contribution in [1.82, 2.24) is 5.32 Å². The largest absolute Gasteiger partial charge is 0.497 e. The molecule has 4 heteroatoms. The Morgan fingerprint density at radius 3 is 2.75 bits per heavy atom. The Labute approximate surface area is 121 Å². The molecule has 1 aromatic carbocycles. The number of amides is 1. The lowest BCUT2D eigenvalue weighted by Gasteiger charge is -2.25. The van der Waals surface area contributed by atoms with Gasteiger partial charge in [0.2, 0.25) is 5.91 Å². The second-order valence-electron chi connectivity index (χ2n) is 5.90. The van der Waals surface area contributed by atoms with Crippen molar-refractivity contribution < 1.29 is 14.6 Å². The molecule has 1 aromatic rings. The van der Waals surface area contributed by atoms with Crippen molar-refractivity contribution in [2.24, 2.45) is 5.92 Å². The number of aliphatic hydroxyl groups is 1.